The average Bonchev–Trinajstić information content (AvgIpc) is 2.48. The van der Waals surface area contributed by atoms with Crippen LogP contribution >= 0.6 is 11.6 Å². The minimum absolute atomic E-state index is 0.263. The predicted molar refractivity (Wildman–Crippen MR) is 86.8 cm³/mol. The summed E-state index contributed by atoms with van der Waals surface area (Å²) >= 11 is 6.07. The summed E-state index contributed by atoms with van der Waals surface area (Å²) in [5.41, 5.74) is 1.87. The van der Waals surface area contributed by atoms with Gasteiger partial charge in [0.25, 0.3) is 0 Å². The van der Waals surface area contributed by atoms with Gasteiger partial charge in [0.1, 0.15) is 0 Å². The highest BCUT2D eigenvalue weighted by Crippen LogP contribution is 2.31. The highest BCUT2D eigenvalue weighted by molar-refractivity contribution is 6.31. The van der Waals surface area contributed by atoms with E-state index in [9.17, 15) is 9.90 Å². The monoisotopic (exact) mass is 303 g/mol. The van der Waals surface area contributed by atoms with Gasteiger partial charge in [0, 0.05) is 17.3 Å². The van der Waals surface area contributed by atoms with Crippen molar-refractivity contribution in [1.82, 2.24) is 0 Å². The van der Waals surface area contributed by atoms with E-state index in [1.54, 1.807) is 18.2 Å². The lowest BCUT2D eigenvalue weighted by Crippen LogP contribution is -2.21. The number of para-hydroxylation sites is 1. The van der Waals surface area contributed by atoms with Gasteiger partial charge >= 0.3 is 5.97 Å². The van der Waals surface area contributed by atoms with Gasteiger partial charge in [0.15, 0.2) is 0 Å². The summed E-state index contributed by atoms with van der Waals surface area (Å²) in [5.74, 6) is -0.945. The van der Waals surface area contributed by atoms with Gasteiger partial charge in [0.2, 0.25) is 0 Å². The van der Waals surface area contributed by atoms with Crippen molar-refractivity contribution in [2.45, 2.75) is 19.8 Å². The molecule has 2 aromatic carbocycles. The number of aromatic carboxylic acids is 1. The fourth-order valence-corrected chi connectivity index (χ4v) is 2.39. The normalized spacial score (nSPS) is 10.4. The van der Waals surface area contributed by atoms with Gasteiger partial charge in [-0.15, -0.1) is 0 Å². The van der Waals surface area contributed by atoms with Crippen molar-refractivity contribution in [2.75, 3.05) is 11.4 Å². The first-order chi connectivity index (χ1) is 10.1. The van der Waals surface area contributed by atoms with Crippen LogP contribution in [0.2, 0.25) is 5.02 Å². The van der Waals surface area contributed by atoms with Crippen molar-refractivity contribution in [1.29, 1.82) is 0 Å². The Kier molecular flexibility index (Phi) is 5.23. The lowest BCUT2D eigenvalue weighted by atomic mass is 10.1. The number of hydrogen-bond acceptors (Lipinski definition) is 2. The molecule has 0 saturated heterocycles. The molecule has 2 rings (SSSR count). The Labute approximate surface area is 129 Å². The van der Waals surface area contributed by atoms with E-state index in [1.165, 1.54) is 0 Å². The molecule has 0 bridgehead atoms. The van der Waals surface area contributed by atoms with Crippen molar-refractivity contribution in [3.8, 4) is 0 Å². The van der Waals surface area contributed by atoms with E-state index in [-0.39, 0.29) is 5.56 Å². The predicted octanol–water partition coefficient (Wildman–Crippen LogP) is 4.98. The first kappa shape index (κ1) is 15.4. The molecule has 4 heteroatoms. The second kappa shape index (κ2) is 7.14. The maximum Gasteiger partial charge on any atom is 0.337 e. The van der Waals surface area contributed by atoms with E-state index in [0.29, 0.717) is 10.7 Å². The van der Waals surface area contributed by atoms with Gasteiger partial charge in [-0.05, 0) is 36.8 Å². The number of benzene rings is 2. The quantitative estimate of drug-likeness (QED) is 0.818. The number of rotatable bonds is 6. The van der Waals surface area contributed by atoms with Gasteiger partial charge < -0.3 is 10.0 Å². The summed E-state index contributed by atoms with van der Waals surface area (Å²) in [6, 6.07) is 14.7. The Balaban J connectivity index is 2.50. The zero-order valence-corrected chi connectivity index (χ0v) is 12.7. The lowest BCUT2D eigenvalue weighted by molar-refractivity contribution is 0.0697. The van der Waals surface area contributed by atoms with Gasteiger partial charge in [0.05, 0.1) is 11.3 Å². The van der Waals surface area contributed by atoms with E-state index in [4.69, 9.17) is 11.6 Å². The van der Waals surface area contributed by atoms with Crippen LogP contribution in [-0.2, 0) is 0 Å². The number of anilines is 2. The van der Waals surface area contributed by atoms with Crippen molar-refractivity contribution >= 4 is 28.9 Å². The molecule has 0 fully saturated rings. The van der Waals surface area contributed by atoms with Gasteiger partial charge in [-0.25, -0.2) is 4.79 Å². The van der Waals surface area contributed by atoms with Crippen molar-refractivity contribution < 1.29 is 9.90 Å². The molecule has 0 saturated carbocycles. The molecular formula is C17H18ClNO2. The van der Waals surface area contributed by atoms with Gasteiger partial charge in [-0.2, -0.15) is 0 Å². The topological polar surface area (TPSA) is 40.5 Å². The zero-order valence-electron chi connectivity index (χ0n) is 11.9. The van der Waals surface area contributed by atoms with E-state index < -0.39 is 5.97 Å². The zero-order chi connectivity index (χ0) is 15.2. The van der Waals surface area contributed by atoms with E-state index >= 15 is 0 Å². The Morgan fingerprint density at radius 3 is 2.52 bits per heavy atom. The van der Waals surface area contributed by atoms with Crippen LogP contribution in [-0.4, -0.2) is 17.6 Å². The number of carboxylic acid groups (broad SMARTS) is 1. The summed E-state index contributed by atoms with van der Waals surface area (Å²) in [5, 5.41) is 9.94. The maximum atomic E-state index is 11.5. The first-order valence-electron chi connectivity index (χ1n) is 6.99. The van der Waals surface area contributed by atoms with Crippen LogP contribution in [0, 0.1) is 0 Å². The molecule has 0 atom stereocenters. The lowest BCUT2D eigenvalue weighted by Gasteiger charge is -2.26. The SMILES string of the molecule is CCCCN(c1ccccc1)c1cc(Cl)ccc1C(=O)O. The molecule has 0 aliphatic heterocycles. The molecule has 110 valence electrons. The van der Waals surface area contributed by atoms with Crippen molar-refractivity contribution in [3.63, 3.8) is 0 Å². The third kappa shape index (κ3) is 3.76. The first-order valence-corrected chi connectivity index (χ1v) is 7.36. The maximum absolute atomic E-state index is 11.5. The Morgan fingerprint density at radius 1 is 1.19 bits per heavy atom. The third-order valence-corrected chi connectivity index (χ3v) is 3.52. The van der Waals surface area contributed by atoms with E-state index in [2.05, 4.69) is 6.92 Å². The number of hydrogen-bond donors (Lipinski definition) is 1. The second-order valence-electron chi connectivity index (χ2n) is 4.81. The van der Waals surface area contributed by atoms with Crippen LogP contribution in [0.4, 0.5) is 11.4 Å². The molecule has 21 heavy (non-hydrogen) atoms. The van der Waals surface area contributed by atoms with Crippen LogP contribution in [0.25, 0.3) is 0 Å². The minimum atomic E-state index is -0.945. The van der Waals surface area contributed by atoms with Crippen LogP contribution < -0.4 is 4.90 Å². The molecule has 2 aromatic rings. The van der Waals surface area contributed by atoms with Gasteiger partial charge in [-0.1, -0.05) is 43.1 Å². The average molecular weight is 304 g/mol. The number of unbranched alkanes of at least 4 members (excludes halogenated alkanes) is 1. The van der Waals surface area contributed by atoms with Crippen LogP contribution in [0.1, 0.15) is 30.1 Å². The summed E-state index contributed by atoms with van der Waals surface area (Å²) in [6.45, 7) is 2.86. The van der Waals surface area contributed by atoms with Crippen LogP contribution in [0.5, 0.6) is 0 Å². The summed E-state index contributed by atoms with van der Waals surface area (Å²) < 4.78 is 0. The smallest absolute Gasteiger partial charge is 0.337 e. The molecule has 0 unspecified atom stereocenters. The fourth-order valence-electron chi connectivity index (χ4n) is 2.22. The summed E-state index contributed by atoms with van der Waals surface area (Å²) in [6.07, 6.45) is 2.01. The number of nitrogens with zero attached hydrogens (tertiary/aromatic N) is 1. The molecule has 0 aliphatic carbocycles. The Hall–Kier alpha value is -2.00. The molecule has 3 nitrogen and oxygen atoms in total. The molecule has 0 spiro atoms. The van der Waals surface area contributed by atoms with E-state index in [0.717, 1.165) is 25.1 Å². The molecule has 0 radical (unpaired) electrons. The van der Waals surface area contributed by atoms with E-state index in [1.807, 2.05) is 35.2 Å². The largest absolute Gasteiger partial charge is 0.478 e. The highest BCUT2D eigenvalue weighted by Gasteiger charge is 2.17. The van der Waals surface area contributed by atoms with Crippen LogP contribution in [0.15, 0.2) is 48.5 Å². The molecule has 0 aliphatic rings. The minimum Gasteiger partial charge on any atom is -0.478 e. The third-order valence-electron chi connectivity index (χ3n) is 3.28. The van der Waals surface area contributed by atoms with Crippen molar-refractivity contribution in [2.24, 2.45) is 0 Å². The Morgan fingerprint density at radius 2 is 1.90 bits per heavy atom. The Bertz CT molecular complexity index is 613. The number of carboxylic acids is 1. The van der Waals surface area contributed by atoms with Gasteiger partial charge in [-0.3, -0.25) is 0 Å². The molecule has 0 aromatic heterocycles. The standard InChI is InChI=1S/C17H18ClNO2/c1-2-3-11-19(14-7-5-4-6-8-14)16-12-13(18)9-10-15(16)17(20)21/h4-10,12H,2-3,11H2,1H3,(H,20,21). The molecule has 0 heterocycles. The fraction of sp³-hybridized carbons (Fsp3) is 0.235. The summed E-state index contributed by atoms with van der Waals surface area (Å²) in [4.78, 5) is 13.5. The molecular weight excluding hydrogens is 286 g/mol. The van der Waals surface area contributed by atoms with Crippen LogP contribution in [0.3, 0.4) is 0 Å². The highest BCUT2D eigenvalue weighted by atomic mass is 35.5. The molecule has 0 amide bonds. The molecule has 1 N–H and O–H groups in total. The second-order valence-corrected chi connectivity index (χ2v) is 5.24. The number of halogens is 1. The summed E-state index contributed by atoms with van der Waals surface area (Å²) in [7, 11) is 0. The van der Waals surface area contributed by atoms with Crippen molar-refractivity contribution in [3.05, 3.63) is 59.1 Å². The number of carbonyl (C=O) groups is 1.